The molecular formula is C9H17NO5S. The van der Waals surface area contributed by atoms with E-state index < -0.39 is 21.7 Å². The molecule has 0 aliphatic carbocycles. The van der Waals surface area contributed by atoms with Crippen molar-refractivity contribution >= 4 is 16.0 Å². The largest absolute Gasteiger partial charge is 0.480 e. The van der Waals surface area contributed by atoms with Crippen LogP contribution >= 0.6 is 0 Å². The fourth-order valence-electron chi connectivity index (χ4n) is 1.62. The molecule has 0 amide bonds. The van der Waals surface area contributed by atoms with Crippen molar-refractivity contribution in [3.05, 3.63) is 0 Å². The van der Waals surface area contributed by atoms with Crippen molar-refractivity contribution in [2.45, 2.75) is 31.8 Å². The van der Waals surface area contributed by atoms with Gasteiger partial charge in [-0.05, 0) is 25.7 Å². The van der Waals surface area contributed by atoms with Gasteiger partial charge in [-0.2, -0.15) is 0 Å². The van der Waals surface area contributed by atoms with Crippen LogP contribution in [0.4, 0.5) is 0 Å². The Kier molecular flexibility index (Phi) is 5.17. The average Bonchev–Trinajstić information content (AvgIpc) is 2.16. The zero-order chi connectivity index (χ0) is 12.0. The zero-order valence-electron chi connectivity index (χ0n) is 9.02. The number of aliphatic carboxylic acids is 1. The number of ether oxygens (including phenoxy) is 1. The van der Waals surface area contributed by atoms with E-state index in [0.29, 0.717) is 6.42 Å². The third kappa shape index (κ3) is 5.43. The van der Waals surface area contributed by atoms with E-state index in [1.807, 2.05) is 0 Å². The summed E-state index contributed by atoms with van der Waals surface area (Å²) >= 11 is 0. The monoisotopic (exact) mass is 251 g/mol. The predicted molar refractivity (Wildman–Crippen MR) is 57.6 cm³/mol. The van der Waals surface area contributed by atoms with E-state index in [1.54, 1.807) is 0 Å². The fraction of sp³-hybridized carbons (Fsp3) is 0.889. The smallest absolute Gasteiger partial charge is 0.320 e. The standard InChI is InChI=1S/C9H17NO5S/c11-9(12)7-16(13,14)10-5-4-8-3-1-2-6-15-8/h8,10H,1-7H2,(H,11,12). The van der Waals surface area contributed by atoms with Gasteiger partial charge in [-0.15, -0.1) is 0 Å². The summed E-state index contributed by atoms with van der Waals surface area (Å²) in [5, 5.41) is 8.35. The molecule has 0 aromatic carbocycles. The third-order valence-corrected chi connectivity index (χ3v) is 3.65. The van der Waals surface area contributed by atoms with Crippen LogP contribution in [-0.4, -0.2) is 44.5 Å². The maximum atomic E-state index is 11.1. The number of hydrogen-bond donors (Lipinski definition) is 2. The van der Waals surface area contributed by atoms with Crippen molar-refractivity contribution in [1.82, 2.24) is 4.72 Å². The first-order valence-electron chi connectivity index (χ1n) is 5.30. The van der Waals surface area contributed by atoms with Gasteiger partial charge in [-0.25, -0.2) is 13.1 Å². The van der Waals surface area contributed by atoms with Gasteiger partial charge in [0, 0.05) is 13.2 Å². The average molecular weight is 251 g/mol. The molecule has 0 spiro atoms. The number of nitrogens with one attached hydrogen (secondary N) is 1. The zero-order valence-corrected chi connectivity index (χ0v) is 9.83. The number of hydrogen-bond acceptors (Lipinski definition) is 4. The molecule has 0 radical (unpaired) electrons. The van der Waals surface area contributed by atoms with Crippen molar-refractivity contribution < 1.29 is 23.1 Å². The Bertz CT molecular complexity index is 321. The van der Waals surface area contributed by atoms with Crippen LogP contribution in [0.15, 0.2) is 0 Å². The molecule has 94 valence electrons. The van der Waals surface area contributed by atoms with Crippen LogP contribution in [0.5, 0.6) is 0 Å². The fourth-order valence-corrected chi connectivity index (χ4v) is 2.48. The second kappa shape index (κ2) is 6.17. The van der Waals surface area contributed by atoms with Crippen molar-refractivity contribution in [2.75, 3.05) is 18.9 Å². The van der Waals surface area contributed by atoms with Gasteiger partial charge in [0.2, 0.25) is 10.0 Å². The summed E-state index contributed by atoms with van der Waals surface area (Å²) in [6.07, 6.45) is 3.80. The van der Waals surface area contributed by atoms with Crippen LogP contribution in [0.3, 0.4) is 0 Å². The van der Waals surface area contributed by atoms with Crippen LogP contribution in [-0.2, 0) is 19.6 Å². The molecule has 1 aliphatic rings. The highest BCUT2D eigenvalue weighted by Crippen LogP contribution is 2.14. The first-order valence-corrected chi connectivity index (χ1v) is 6.95. The molecule has 1 aliphatic heterocycles. The molecule has 7 heteroatoms. The summed E-state index contributed by atoms with van der Waals surface area (Å²) in [5.74, 6) is -2.22. The van der Waals surface area contributed by atoms with E-state index in [4.69, 9.17) is 9.84 Å². The van der Waals surface area contributed by atoms with E-state index >= 15 is 0 Å². The van der Waals surface area contributed by atoms with E-state index in [9.17, 15) is 13.2 Å². The predicted octanol–water partition coefficient (Wildman–Crippen LogP) is -0.0504. The molecule has 1 heterocycles. The van der Waals surface area contributed by atoms with Crippen LogP contribution < -0.4 is 4.72 Å². The Balaban J connectivity index is 2.21. The van der Waals surface area contributed by atoms with E-state index in [2.05, 4.69) is 4.72 Å². The summed E-state index contributed by atoms with van der Waals surface area (Å²) in [6.45, 7) is 0.965. The molecule has 16 heavy (non-hydrogen) atoms. The molecular weight excluding hydrogens is 234 g/mol. The minimum Gasteiger partial charge on any atom is -0.480 e. The molecule has 0 aromatic rings. The number of carboxylic acids is 1. The lowest BCUT2D eigenvalue weighted by Crippen LogP contribution is -2.33. The van der Waals surface area contributed by atoms with Crippen LogP contribution in [0.1, 0.15) is 25.7 Å². The number of rotatable bonds is 6. The Labute approximate surface area is 95.0 Å². The van der Waals surface area contributed by atoms with Gasteiger partial charge in [-0.3, -0.25) is 4.79 Å². The second-order valence-electron chi connectivity index (χ2n) is 3.82. The minimum atomic E-state index is -3.69. The maximum absolute atomic E-state index is 11.1. The van der Waals surface area contributed by atoms with Gasteiger partial charge < -0.3 is 9.84 Å². The van der Waals surface area contributed by atoms with Crippen LogP contribution in [0.2, 0.25) is 0 Å². The molecule has 0 bridgehead atoms. The quantitative estimate of drug-likeness (QED) is 0.690. The molecule has 0 aromatic heterocycles. The highest BCUT2D eigenvalue weighted by molar-refractivity contribution is 7.90. The summed E-state index contributed by atoms with van der Waals surface area (Å²) in [5.41, 5.74) is 0. The molecule has 1 unspecified atom stereocenters. The van der Waals surface area contributed by atoms with Gasteiger partial charge in [-0.1, -0.05) is 0 Å². The van der Waals surface area contributed by atoms with Crippen molar-refractivity contribution in [3.8, 4) is 0 Å². The van der Waals surface area contributed by atoms with Crippen molar-refractivity contribution in [1.29, 1.82) is 0 Å². The lowest BCUT2D eigenvalue weighted by atomic mass is 10.1. The first kappa shape index (κ1) is 13.4. The normalized spacial score (nSPS) is 21.9. The van der Waals surface area contributed by atoms with Gasteiger partial charge in [0.1, 0.15) is 0 Å². The summed E-state index contributed by atoms with van der Waals surface area (Å²) in [4.78, 5) is 10.2. The Morgan fingerprint density at radius 1 is 1.44 bits per heavy atom. The van der Waals surface area contributed by atoms with Gasteiger partial charge in [0.05, 0.1) is 6.10 Å². The Hall–Kier alpha value is -0.660. The molecule has 2 N–H and O–H groups in total. The number of carbonyl (C=O) groups is 1. The third-order valence-electron chi connectivity index (χ3n) is 2.38. The van der Waals surface area contributed by atoms with Gasteiger partial charge in [0.25, 0.3) is 0 Å². The maximum Gasteiger partial charge on any atom is 0.320 e. The lowest BCUT2D eigenvalue weighted by Gasteiger charge is -2.22. The molecule has 1 saturated heterocycles. The molecule has 1 atom stereocenters. The Morgan fingerprint density at radius 2 is 2.19 bits per heavy atom. The first-order chi connectivity index (χ1) is 7.49. The lowest BCUT2D eigenvalue weighted by molar-refractivity contribution is -0.134. The Morgan fingerprint density at radius 3 is 2.75 bits per heavy atom. The van der Waals surface area contributed by atoms with E-state index in [-0.39, 0.29) is 12.6 Å². The van der Waals surface area contributed by atoms with Crippen LogP contribution in [0.25, 0.3) is 0 Å². The molecule has 0 saturated carbocycles. The van der Waals surface area contributed by atoms with Gasteiger partial charge >= 0.3 is 5.97 Å². The topological polar surface area (TPSA) is 92.7 Å². The van der Waals surface area contributed by atoms with Crippen LogP contribution in [0, 0.1) is 0 Å². The molecule has 1 fully saturated rings. The van der Waals surface area contributed by atoms with Gasteiger partial charge in [0.15, 0.2) is 5.75 Å². The highest BCUT2D eigenvalue weighted by Gasteiger charge is 2.17. The SMILES string of the molecule is O=C(O)CS(=O)(=O)NCCC1CCCCO1. The van der Waals surface area contributed by atoms with E-state index in [1.165, 1.54) is 0 Å². The molecule has 1 rings (SSSR count). The summed E-state index contributed by atoms with van der Waals surface area (Å²) in [6, 6.07) is 0. The van der Waals surface area contributed by atoms with Crippen molar-refractivity contribution in [3.63, 3.8) is 0 Å². The molecule has 6 nitrogen and oxygen atoms in total. The number of sulfonamides is 1. The van der Waals surface area contributed by atoms with Crippen molar-refractivity contribution in [2.24, 2.45) is 0 Å². The summed E-state index contributed by atoms with van der Waals surface area (Å²) in [7, 11) is -3.69. The highest BCUT2D eigenvalue weighted by atomic mass is 32.2. The summed E-state index contributed by atoms with van der Waals surface area (Å²) < 4.78 is 30.0. The number of carboxylic acid groups (broad SMARTS) is 1. The second-order valence-corrected chi connectivity index (χ2v) is 5.63. The van der Waals surface area contributed by atoms with E-state index in [0.717, 1.165) is 25.9 Å². The minimum absolute atomic E-state index is 0.0984.